The molecule has 0 radical (unpaired) electrons. The van der Waals surface area contributed by atoms with Crippen LogP contribution in [0.15, 0.2) is 24.5 Å². The van der Waals surface area contributed by atoms with Crippen LogP contribution in [0.4, 0.5) is 17.6 Å². The van der Waals surface area contributed by atoms with Crippen molar-refractivity contribution in [1.29, 1.82) is 0 Å². The number of halogens is 5. The van der Waals surface area contributed by atoms with Gasteiger partial charge in [-0.05, 0) is 24.6 Å². The molecule has 3 heterocycles. The lowest BCUT2D eigenvalue weighted by Crippen LogP contribution is -2.34. The number of aromatic nitrogens is 2. The molecule has 0 atom stereocenters. The van der Waals surface area contributed by atoms with E-state index in [0.717, 1.165) is 0 Å². The number of nitrogens with zero attached hydrogens (tertiary/aromatic N) is 3. The maximum absolute atomic E-state index is 13.0. The lowest BCUT2D eigenvalue weighted by atomic mass is 10.1. The second-order valence-corrected chi connectivity index (χ2v) is 6.96. The molecule has 2 aromatic rings. The van der Waals surface area contributed by atoms with Crippen molar-refractivity contribution in [3.63, 3.8) is 0 Å². The molecule has 0 N–H and O–H groups in total. The van der Waals surface area contributed by atoms with E-state index >= 15 is 0 Å². The smallest absolute Gasteiger partial charge is 0.357 e. The van der Waals surface area contributed by atoms with E-state index in [1.165, 1.54) is 29.4 Å². The molecule has 0 bridgehead atoms. The van der Waals surface area contributed by atoms with Gasteiger partial charge in [-0.2, -0.15) is 8.78 Å². The van der Waals surface area contributed by atoms with Crippen molar-refractivity contribution in [1.82, 2.24) is 14.9 Å². The molecule has 0 aromatic carbocycles. The molecule has 1 amide bonds. The third kappa shape index (κ3) is 4.87. The van der Waals surface area contributed by atoms with E-state index in [0.29, 0.717) is 16.7 Å². The van der Waals surface area contributed by atoms with Gasteiger partial charge < -0.3 is 14.4 Å². The van der Waals surface area contributed by atoms with Crippen molar-refractivity contribution in [2.45, 2.75) is 32.4 Å². The Labute approximate surface area is 178 Å². The average Bonchev–Trinajstić information content (AvgIpc) is 3.03. The van der Waals surface area contributed by atoms with Crippen LogP contribution in [-0.2, 0) is 17.8 Å². The predicted octanol–water partition coefficient (Wildman–Crippen LogP) is 3.74. The minimum atomic E-state index is -4.35. The molecule has 31 heavy (non-hydrogen) atoms. The van der Waals surface area contributed by atoms with E-state index in [2.05, 4.69) is 14.7 Å². The first-order valence-electron chi connectivity index (χ1n) is 9.01. The maximum Gasteiger partial charge on any atom is 0.357 e. The molecule has 3 rings (SSSR count). The Hall–Kier alpha value is -2.95. The molecule has 0 aliphatic carbocycles. The number of esters is 1. The van der Waals surface area contributed by atoms with E-state index in [9.17, 15) is 27.2 Å². The second-order valence-electron chi connectivity index (χ2n) is 6.55. The summed E-state index contributed by atoms with van der Waals surface area (Å²) in [5.41, 5.74) is 1.23. The largest absolute Gasteiger partial charge is 0.470 e. The summed E-state index contributed by atoms with van der Waals surface area (Å²) < 4.78 is 60.0. The Morgan fingerprint density at radius 2 is 2.10 bits per heavy atom. The summed E-state index contributed by atoms with van der Waals surface area (Å²) in [6.45, 7) is 0.351. The number of rotatable bonds is 8. The van der Waals surface area contributed by atoms with E-state index in [4.69, 9.17) is 16.3 Å². The van der Waals surface area contributed by atoms with Gasteiger partial charge in [-0.1, -0.05) is 11.6 Å². The third-order valence-corrected chi connectivity index (χ3v) is 4.62. The number of hydrogen-bond donors (Lipinski definition) is 0. The number of ether oxygens (including phenoxy) is 2. The van der Waals surface area contributed by atoms with Gasteiger partial charge in [0.2, 0.25) is 5.88 Å². The van der Waals surface area contributed by atoms with Crippen LogP contribution >= 0.6 is 11.6 Å². The van der Waals surface area contributed by atoms with Gasteiger partial charge in [-0.15, -0.1) is 0 Å². The van der Waals surface area contributed by atoms with Crippen molar-refractivity contribution in [2.75, 3.05) is 13.2 Å². The van der Waals surface area contributed by atoms with Gasteiger partial charge in [0, 0.05) is 36.6 Å². The number of carbonyl (C=O) groups is 2. The van der Waals surface area contributed by atoms with Crippen LogP contribution in [0.25, 0.3) is 0 Å². The topological polar surface area (TPSA) is 81.6 Å². The zero-order valence-corrected chi connectivity index (χ0v) is 16.8. The van der Waals surface area contributed by atoms with Crippen molar-refractivity contribution in [3.05, 3.63) is 51.9 Å². The van der Waals surface area contributed by atoms with E-state index < -0.39 is 30.8 Å². The molecule has 0 unspecified atom stereocenters. The summed E-state index contributed by atoms with van der Waals surface area (Å²) in [5, 5.41) is -0.180. The second kappa shape index (κ2) is 9.04. The first kappa shape index (κ1) is 22.7. The minimum Gasteiger partial charge on any atom is -0.470 e. The summed E-state index contributed by atoms with van der Waals surface area (Å²) in [7, 11) is 0. The number of alkyl halides is 4. The van der Waals surface area contributed by atoms with Crippen LogP contribution in [0.1, 0.15) is 38.9 Å². The van der Waals surface area contributed by atoms with Crippen molar-refractivity contribution < 1.29 is 36.6 Å². The fourth-order valence-corrected chi connectivity index (χ4v) is 3.14. The van der Waals surface area contributed by atoms with Gasteiger partial charge >= 0.3 is 18.3 Å². The van der Waals surface area contributed by atoms with Crippen molar-refractivity contribution >= 4 is 23.5 Å². The normalized spacial score (nSPS) is 13.5. The number of fused-ring (bicyclic) bond motifs is 1. The summed E-state index contributed by atoms with van der Waals surface area (Å²) >= 11 is 5.96. The van der Waals surface area contributed by atoms with Gasteiger partial charge in [0.25, 0.3) is 5.91 Å². The number of amides is 1. The highest BCUT2D eigenvalue weighted by molar-refractivity contribution is 6.31. The number of carbonyl (C=O) groups excluding carboxylic acids is 2. The molecule has 12 heteroatoms. The van der Waals surface area contributed by atoms with Gasteiger partial charge in [0.1, 0.15) is 5.02 Å². The molecular weight excluding hydrogens is 446 g/mol. The molecule has 1 aliphatic heterocycles. The summed E-state index contributed by atoms with van der Waals surface area (Å²) in [5.74, 6) is -5.77. The molecule has 2 aromatic heterocycles. The highest BCUT2D eigenvalue weighted by atomic mass is 35.5. The highest BCUT2D eigenvalue weighted by Gasteiger charge is 2.42. The lowest BCUT2D eigenvalue weighted by molar-refractivity contribution is -0.148. The van der Waals surface area contributed by atoms with Gasteiger partial charge in [0.05, 0.1) is 6.61 Å². The fraction of sp³-hybridized carbons (Fsp3) is 0.368. The Morgan fingerprint density at radius 3 is 2.74 bits per heavy atom. The van der Waals surface area contributed by atoms with E-state index in [1.807, 2.05) is 0 Å². The van der Waals surface area contributed by atoms with Crippen LogP contribution in [-0.4, -0.2) is 52.3 Å². The maximum atomic E-state index is 13.0. The summed E-state index contributed by atoms with van der Waals surface area (Å²) in [4.78, 5) is 33.9. The zero-order valence-electron chi connectivity index (χ0n) is 16.1. The molecule has 0 saturated carbocycles. The lowest BCUT2D eigenvalue weighted by Gasteiger charge is -2.18. The van der Waals surface area contributed by atoms with Gasteiger partial charge in [-0.25, -0.2) is 23.5 Å². The Kier molecular flexibility index (Phi) is 6.63. The number of hydrogen-bond acceptors (Lipinski definition) is 6. The van der Waals surface area contributed by atoms with Crippen LogP contribution in [0, 0.1) is 0 Å². The third-order valence-electron chi connectivity index (χ3n) is 4.35. The fourth-order valence-electron chi connectivity index (χ4n) is 2.89. The summed E-state index contributed by atoms with van der Waals surface area (Å²) in [6, 6.07) is 2.82. The molecule has 7 nitrogen and oxygen atoms in total. The van der Waals surface area contributed by atoms with Gasteiger partial charge in [0.15, 0.2) is 12.3 Å². The quantitative estimate of drug-likeness (QED) is 0.440. The molecule has 1 aliphatic rings. The highest BCUT2D eigenvalue weighted by Crippen LogP contribution is 2.30. The molecule has 0 fully saturated rings. The van der Waals surface area contributed by atoms with Gasteiger partial charge in [-0.3, -0.25) is 4.79 Å². The Bertz CT molecular complexity index is 1010. The molecule has 166 valence electrons. The van der Waals surface area contributed by atoms with Crippen LogP contribution in [0.3, 0.4) is 0 Å². The Morgan fingerprint density at radius 1 is 1.35 bits per heavy atom. The monoisotopic (exact) mass is 461 g/mol. The molecule has 0 saturated heterocycles. The SMILES string of the molecule is CCOC(=O)c1nccc2c1CN(Cc1cnc(OCC(F)(F)C(F)F)c(Cl)c1)C2=O. The van der Waals surface area contributed by atoms with Crippen molar-refractivity contribution in [3.8, 4) is 5.88 Å². The summed E-state index contributed by atoms with van der Waals surface area (Å²) in [6.07, 6.45) is -1.32. The van der Waals surface area contributed by atoms with Crippen molar-refractivity contribution in [2.24, 2.45) is 0 Å². The predicted molar refractivity (Wildman–Crippen MR) is 99.5 cm³/mol. The number of pyridine rings is 2. The van der Waals surface area contributed by atoms with Crippen LogP contribution < -0.4 is 4.74 Å². The first-order valence-corrected chi connectivity index (χ1v) is 9.39. The average molecular weight is 462 g/mol. The van der Waals surface area contributed by atoms with E-state index in [1.54, 1.807) is 6.92 Å². The molecular formula is C19H16ClF4N3O4. The minimum absolute atomic E-state index is 0.0377. The Balaban J connectivity index is 1.72. The van der Waals surface area contributed by atoms with Crippen LogP contribution in [0.2, 0.25) is 5.02 Å². The standard InChI is InChI=1S/C19H16ClF4N3O4/c1-2-30-17(29)14-12-8-27(16(28)11(12)3-4-25-14)7-10-5-13(20)15(26-6-10)31-9-19(23,24)18(21)22/h3-6,18H,2,7-9H2,1H3. The van der Waals surface area contributed by atoms with E-state index in [-0.39, 0.29) is 36.3 Å². The zero-order chi connectivity index (χ0) is 22.8. The molecule has 0 spiro atoms. The first-order chi connectivity index (χ1) is 14.6. The van der Waals surface area contributed by atoms with Crippen LogP contribution in [0.5, 0.6) is 5.88 Å².